The van der Waals surface area contributed by atoms with E-state index in [0.29, 0.717) is 12.6 Å². The summed E-state index contributed by atoms with van der Waals surface area (Å²) in [7, 11) is 0. The average molecular weight is 284 g/mol. The number of likely N-dealkylation sites (N-methyl/N-ethyl adjacent to an activating group) is 1. The molecule has 0 aromatic carbocycles. The molecular formula is C15H32N4O. The molecule has 1 unspecified atom stereocenters. The molecule has 2 N–H and O–H groups in total. The van der Waals surface area contributed by atoms with Crippen molar-refractivity contribution in [1.82, 2.24) is 14.7 Å². The van der Waals surface area contributed by atoms with Crippen molar-refractivity contribution in [2.24, 2.45) is 5.73 Å². The third-order valence-electron chi connectivity index (χ3n) is 4.29. The number of piperazine rings is 1. The molecule has 0 spiro atoms. The van der Waals surface area contributed by atoms with E-state index >= 15 is 0 Å². The molecule has 0 aromatic heterocycles. The molecule has 1 aliphatic rings. The number of nitrogens with zero attached hydrogens (tertiary/aromatic N) is 3. The van der Waals surface area contributed by atoms with Crippen LogP contribution in [0.3, 0.4) is 0 Å². The fourth-order valence-electron chi connectivity index (χ4n) is 2.94. The maximum Gasteiger partial charge on any atom is 0.236 e. The molecule has 0 saturated carbocycles. The highest BCUT2D eigenvalue weighted by Crippen LogP contribution is 2.10. The van der Waals surface area contributed by atoms with E-state index in [-0.39, 0.29) is 5.91 Å². The summed E-state index contributed by atoms with van der Waals surface area (Å²) < 4.78 is 0. The molecule has 0 aromatic rings. The van der Waals surface area contributed by atoms with Crippen LogP contribution in [0.15, 0.2) is 0 Å². The zero-order chi connectivity index (χ0) is 15.0. The van der Waals surface area contributed by atoms with E-state index in [1.54, 1.807) is 0 Å². The first kappa shape index (κ1) is 17.4. The first-order chi connectivity index (χ1) is 9.65. The number of hydrogen-bond acceptors (Lipinski definition) is 4. The van der Waals surface area contributed by atoms with Crippen molar-refractivity contribution in [2.45, 2.75) is 39.7 Å². The molecule has 0 bridgehead atoms. The second kappa shape index (κ2) is 9.32. The van der Waals surface area contributed by atoms with Gasteiger partial charge in [-0.3, -0.25) is 14.6 Å². The van der Waals surface area contributed by atoms with Crippen molar-refractivity contribution >= 4 is 5.91 Å². The van der Waals surface area contributed by atoms with Crippen LogP contribution in [0, 0.1) is 0 Å². The maximum atomic E-state index is 12.1. The number of hydrogen-bond donors (Lipinski definition) is 1. The van der Waals surface area contributed by atoms with Crippen LogP contribution in [0.4, 0.5) is 0 Å². The highest BCUT2D eigenvalue weighted by Gasteiger charge is 2.24. The Labute approximate surface area is 124 Å². The molecule has 0 aliphatic carbocycles. The maximum absolute atomic E-state index is 12.1. The standard InChI is InChI=1S/C15H32N4O/c1-4-7-14(12-16)19-10-8-17(9-11-19)13-15(20)18(5-2)6-3/h14H,4-13,16H2,1-3H3. The van der Waals surface area contributed by atoms with Crippen LogP contribution in [0.25, 0.3) is 0 Å². The van der Waals surface area contributed by atoms with Crippen LogP contribution >= 0.6 is 0 Å². The molecule has 5 heteroatoms. The van der Waals surface area contributed by atoms with Crippen molar-refractivity contribution < 1.29 is 4.79 Å². The lowest BCUT2D eigenvalue weighted by molar-refractivity contribution is -0.132. The van der Waals surface area contributed by atoms with Gasteiger partial charge in [0, 0.05) is 51.9 Å². The van der Waals surface area contributed by atoms with E-state index in [0.717, 1.165) is 45.8 Å². The molecular weight excluding hydrogens is 252 g/mol. The minimum Gasteiger partial charge on any atom is -0.342 e. The van der Waals surface area contributed by atoms with Crippen LogP contribution in [0.1, 0.15) is 33.6 Å². The molecule has 1 aliphatic heterocycles. The Morgan fingerprint density at radius 2 is 1.75 bits per heavy atom. The van der Waals surface area contributed by atoms with Gasteiger partial charge in [-0.1, -0.05) is 13.3 Å². The van der Waals surface area contributed by atoms with Gasteiger partial charge >= 0.3 is 0 Å². The van der Waals surface area contributed by atoms with Gasteiger partial charge in [0.05, 0.1) is 6.54 Å². The fraction of sp³-hybridized carbons (Fsp3) is 0.933. The molecule has 5 nitrogen and oxygen atoms in total. The zero-order valence-electron chi connectivity index (χ0n) is 13.5. The van der Waals surface area contributed by atoms with Gasteiger partial charge < -0.3 is 10.6 Å². The summed E-state index contributed by atoms with van der Waals surface area (Å²) >= 11 is 0. The van der Waals surface area contributed by atoms with Crippen molar-refractivity contribution in [1.29, 1.82) is 0 Å². The van der Waals surface area contributed by atoms with Crippen LogP contribution in [-0.4, -0.2) is 79.0 Å². The van der Waals surface area contributed by atoms with Gasteiger partial charge in [0.2, 0.25) is 5.91 Å². The predicted molar refractivity (Wildman–Crippen MR) is 83.7 cm³/mol. The predicted octanol–water partition coefficient (Wildman–Crippen LogP) is 0.600. The summed E-state index contributed by atoms with van der Waals surface area (Å²) in [5.41, 5.74) is 5.86. The smallest absolute Gasteiger partial charge is 0.236 e. The Hall–Kier alpha value is -0.650. The van der Waals surface area contributed by atoms with Gasteiger partial charge in [0.15, 0.2) is 0 Å². The third-order valence-corrected chi connectivity index (χ3v) is 4.29. The minimum atomic E-state index is 0.257. The summed E-state index contributed by atoms with van der Waals surface area (Å²) in [6.07, 6.45) is 2.36. The fourth-order valence-corrected chi connectivity index (χ4v) is 2.94. The summed E-state index contributed by atoms with van der Waals surface area (Å²) in [4.78, 5) is 18.8. The molecule has 1 amide bonds. The normalized spacial score (nSPS) is 19.0. The van der Waals surface area contributed by atoms with E-state index in [4.69, 9.17) is 5.73 Å². The van der Waals surface area contributed by atoms with Crippen LogP contribution in [-0.2, 0) is 4.79 Å². The van der Waals surface area contributed by atoms with Crippen molar-refractivity contribution in [3.05, 3.63) is 0 Å². The Kier molecular flexibility index (Phi) is 8.11. The summed E-state index contributed by atoms with van der Waals surface area (Å²) in [6, 6.07) is 0.514. The van der Waals surface area contributed by atoms with Gasteiger partial charge in [-0.15, -0.1) is 0 Å². The molecule has 20 heavy (non-hydrogen) atoms. The van der Waals surface area contributed by atoms with E-state index < -0.39 is 0 Å². The summed E-state index contributed by atoms with van der Waals surface area (Å²) in [6.45, 7) is 13.2. The van der Waals surface area contributed by atoms with Gasteiger partial charge in [-0.25, -0.2) is 0 Å². The van der Waals surface area contributed by atoms with Crippen LogP contribution in [0.2, 0.25) is 0 Å². The quantitative estimate of drug-likeness (QED) is 0.709. The molecule has 118 valence electrons. The van der Waals surface area contributed by atoms with Crippen molar-refractivity contribution in [2.75, 3.05) is 52.4 Å². The number of carbonyl (C=O) groups is 1. The first-order valence-electron chi connectivity index (χ1n) is 8.10. The van der Waals surface area contributed by atoms with Crippen LogP contribution in [0.5, 0.6) is 0 Å². The van der Waals surface area contributed by atoms with Crippen molar-refractivity contribution in [3.8, 4) is 0 Å². The molecule has 0 radical (unpaired) electrons. The SMILES string of the molecule is CCCC(CN)N1CCN(CC(=O)N(CC)CC)CC1. The lowest BCUT2D eigenvalue weighted by Crippen LogP contribution is -2.54. The topological polar surface area (TPSA) is 52.8 Å². The lowest BCUT2D eigenvalue weighted by atomic mass is 10.1. The van der Waals surface area contributed by atoms with Crippen LogP contribution < -0.4 is 5.73 Å². The van der Waals surface area contributed by atoms with Gasteiger partial charge in [0.25, 0.3) is 0 Å². The van der Waals surface area contributed by atoms with Gasteiger partial charge in [0.1, 0.15) is 0 Å². The Morgan fingerprint density at radius 1 is 1.15 bits per heavy atom. The highest BCUT2D eigenvalue weighted by atomic mass is 16.2. The highest BCUT2D eigenvalue weighted by molar-refractivity contribution is 5.78. The Bertz CT molecular complexity index is 273. The number of nitrogens with two attached hydrogens (primary N) is 1. The van der Waals surface area contributed by atoms with Gasteiger partial charge in [-0.2, -0.15) is 0 Å². The zero-order valence-corrected chi connectivity index (χ0v) is 13.5. The molecule has 1 rings (SSSR count). The molecule has 1 atom stereocenters. The monoisotopic (exact) mass is 284 g/mol. The molecule has 1 saturated heterocycles. The van der Waals surface area contributed by atoms with E-state index in [2.05, 4.69) is 16.7 Å². The number of amides is 1. The Balaban J connectivity index is 2.36. The van der Waals surface area contributed by atoms with E-state index in [1.165, 1.54) is 12.8 Å². The molecule has 1 heterocycles. The largest absolute Gasteiger partial charge is 0.342 e. The van der Waals surface area contributed by atoms with E-state index in [1.807, 2.05) is 18.7 Å². The first-order valence-corrected chi connectivity index (χ1v) is 8.10. The van der Waals surface area contributed by atoms with Gasteiger partial charge in [-0.05, 0) is 20.3 Å². The van der Waals surface area contributed by atoms with E-state index in [9.17, 15) is 4.79 Å². The Morgan fingerprint density at radius 3 is 2.20 bits per heavy atom. The summed E-state index contributed by atoms with van der Waals surface area (Å²) in [5, 5.41) is 0. The summed E-state index contributed by atoms with van der Waals surface area (Å²) in [5.74, 6) is 0.257. The average Bonchev–Trinajstić information content (AvgIpc) is 2.47. The second-order valence-electron chi connectivity index (χ2n) is 5.56. The van der Waals surface area contributed by atoms with Crippen molar-refractivity contribution in [3.63, 3.8) is 0 Å². The third kappa shape index (κ3) is 5.04. The number of rotatable bonds is 8. The minimum absolute atomic E-state index is 0.257. The number of carbonyl (C=O) groups excluding carboxylic acids is 1. The lowest BCUT2D eigenvalue weighted by Gasteiger charge is -2.39. The molecule has 1 fully saturated rings. The second-order valence-corrected chi connectivity index (χ2v) is 5.56.